The number of halogens is 6. The van der Waals surface area contributed by atoms with Crippen molar-refractivity contribution >= 4 is 11.9 Å². The van der Waals surface area contributed by atoms with Crippen molar-refractivity contribution in [3.8, 4) is 17.3 Å². The van der Waals surface area contributed by atoms with Crippen molar-refractivity contribution < 1.29 is 40.5 Å². The minimum atomic E-state index is -4.87. The Labute approximate surface area is 203 Å². The van der Waals surface area contributed by atoms with E-state index in [2.05, 4.69) is 45.3 Å². The van der Waals surface area contributed by atoms with Gasteiger partial charge in [0.1, 0.15) is 5.57 Å². The molecule has 1 atom stereocenters. The first-order valence-electron chi connectivity index (χ1n) is 10.7. The molecule has 1 saturated heterocycles. The normalized spacial score (nSPS) is 21.2. The lowest BCUT2D eigenvalue weighted by Crippen LogP contribution is -2.56. The first-order chi connectivity index (χ1) is 17.6. The number of hydrogen-bond donors (Lipinski definition) is 2. The summed E-state index contributed by atoms with van der Waals surface area (Å²) in [5, 5.41) is 13.4. The molecule has 0 bridgehead atoms. The number of ether oxygens (including phenoxy) is 2. The second-order valence-electron chi connectivity index (χ2n) is 7.77. The number of hydrogen-bond acceptors (Lipinski definition) is 9. The number of pyridine rings is 1. The van der Waals surface area contributed by atoms with Gasteiger partial charge in [0.15, 0.2) is 18.2 Å². The monoisotopic (exact) mass is 531 g/mol. The number of nitrogens with zero attached hydrogens (tertiary/aromatic N) is 8. The Balaban J connectivity index is 1.34. The molecule has 3 aliphatic rings. The number of morpholine rings is 1. The largest absolute Gasteiger partial charge is 0.574 e. The standard InChI is InChI=1S/C19H17F6N10O2/c20-18(21,22)11-8-28-35-15(11)30-17(34-3-5-36-6-4-34)31-16(35)27-9-12-29-14(33-32-12)10-1-2-13(26-7-10)37-19(23,24)25/h1-2,7-8,15H,3-6,9H2,(H,27,30,31)(H,29,32,33)/q+1. The highest BCUT2D eigenvalue weighted by molar-refractivity contribution is 5.96. The minimum absolute atomic E-state index is 0.0188. The Hall–Kier alpha value is -4.09. The number of nitrogens with one attached hydrogen (secondary N) is 2. The predicted octanol–water partition coefficient (Wildman–Crippen LogP) is 2.16. The van der Waals surface area contributed by atoms with Crippen LogP contribution in [0.15, 0.2) is 45.2 Å². The average Bonchev–Trinajstić information content (AvgIpc) is 3.50. The number of aromatic nitrogens is 4. The summed E-state index contributed by atoms with van der Waals surface area (Å²) in [6.07, 6.45) is -9.14. The minimum Gasteiger partial charge on any atom is -0.388 e. The van der Waals surface area contributed by atoms with E-state index in [1.54, 1.807) is 4.90 Å². The summed E-state index contributed by atoms with van der Waals surface area (Å²) in [5.74, 6) is -0.0603. The highest BCUT2D eigenvalue weighted by Gasteiger charge is 2.49. The SMILES string of the molecule is FC(F)(F)Oc1ccc(-c2n[nH]c(CN=C3NC(N4CCOCC4)=NC4C(C(F)(F)F)=CN=[N+]34)n2)cn1. The van der Waals surface area contributed by atoms with Crippen molar-refractivity contribution in [2.24, 2.45) is 15.1 Å². The van der Waals surface area contributed by atoms with Crippen LogP contribution in [0.1, 0.15) is 5.82 Å². The number of rotatable bonds is 4. The summed E-state index contributed by atoms with van der Waals surface area (Å²) < 4.78 is 87.6. The molecule has 0 saturated carbocycles. The van der Waals surface area contributed by atoms with Crippen molar-refractivity contribution in [2.75, 3.05) is 26.3 Å². The number of azo groups is 2. The Morgan fingerprint density at radius 3 is 2.62 bits per heavy atom. The van der Waals surface area contributed by atoms with Gasteiger partial charge in [-0.1, -0.05) is 0 Å². The predicted molar refractivity (Wildman–Crippen MR) is 111 cm³/mol. The van der Waals surface area contributed by atoms with Crippen LogP contribution in [-0.4, -0.2) is 86.7 Å². The van der Waals surface area contributed by atoms with Gasteiger partial charge in [-0.15, -0.1) is 28.0 Å². The van der Waals surface area contributed by atoms with Gasteiger partial charge in [0.25, 0.3) is 5.96 Å². The van der Waals surface area contributed by atoms with E-state index < -0.39 is 30.2 Å². The highest BCUT2D eigenvalue weighted by atomic mass is 19.4. The van der Waals surface area contributed by atoms with E-state index in [9.17, 15) is 26.3 Å². The van der Waals surface area contributed by atoms with Gasteiger partial charge in [-0.3, -0.25) is 5.10 Å². The molecule has 0 spiro atoms. The smallest absolute Gasteiger partial charge is 0.388 e. The summed E-state index contributed by atoms with van der Waals surface area (Å²) in [6.45, 7) is 1.52. The molecule has 0 aromatic carbocycles. The van der Waals surface area contributed by atoms with Crippen LogP contribution in [0.25, 0.3) is 11.4 Å². The zero-order chi connectivity index (χ0) is 26.2. The van der Waals surface area contributed by atoms with Crippen LogP contribution in [0.3, 0.4) is 0 Å². The molecule has 37 heavy (non-hydrogen) atoms. The summed E-state index contributed by atoms with van der Waals surface area (Å²) in [5.41, 5.74) is -0.629. The summed E-state index contributed by atoms with van der Waals surface area (Å²) in [4.78, 5) is 18.1. The van der Waals surface area contributed by atoms with Gasteiger partial charge in [0.2, 0.25) is 12.0 Å². The first-order valence-corrected chi connectivity index (χ1v) is 10.7. The van der Waals surface area contributed by atoms with E-state index in [4.69, 9.17) is 4.74 Å². The fourth-order valence-corrected chi connectivity index (χ4v) is 3.59. The Kier molecular flexibility index (Phi) is 6.26. The first kappa shape index (κ1) is 24.6. The third-order valence-corrected chi connectivity index (χ3v) is 5.28. The maximum atomic E-state index is 13.5. The Morgan fingerprint density at radius 2 is 1.95 bits per heavy atom. The molecule has 1 unspecified atom stereocenters. The maximum Gasteiger partial charge on any atom is 0.574 e. The third kappa shape index (κ3) is 5.52. The van der Waals surface area contributed by atoms with Crippen LogP contribution in [-0.2, 0) is 11.3 Å². The fourth-order valence-electron chi connectivity index (χ4n) is 3.59. The van der Waals surface area contributed by atoms with Crippen LogP contribution < -0.4 is 10.1 Å². The maximum absolute atomic E-state index is 13.5. The molecule has 2 aromatic rings. The molecule has 0 radical (unpaired) electrons. The van der Waals surface area contributed by atoms with Crippen LogP contribution in [0.4, 0.5) is 26.3 Å². The Morgan fingerprint density at radius 1 is 1.16 bits per heavy atom. The van der Waals surface area contributed by atoms with Gasteiger partial charge < -0.3 is 14.4 Å². The number of aliphatic imine (C=N–C) groups is 2. The van der Waals surface area contributed by atoms with Crippen molar-refractivity contribution in [3.63, 3.8) is 0 Å². The Bertz CT molecular complexity index is 1280. The van der Waals surface area contributed by atoms with E-state index in [1.807, 2.05) is 0 Å². The van der Waals surface area contributed by atoms with Crippen LogP contribution in [0, 0.1) is 0 Å². The van der Waals surface area contributed by atoms with E-state index in [0.717, 1.165) is 17.0 Å². The van der Waals surface area contributed by atoms with Gasteiger partial charge in [-0.25, -0.2) is 15.3 Å². The zero-order valence-electron chi connectivity index (χ0n) is 18.6. The third-order valence-electron chi connectivity index (χ3n) is 5.28. The molecular weight excluding hydrogens is 514 g/mol. The molecule has 0 amide bonds. The summed E-state index contributed by atoms with van der Waals surface area (Å²) >= 11 is 0. The van der Waals surface area contributed by atoms with E-state index in [0.29, 0.717) is 38.1 Å². The molecule has 196 valence electrons. The van der Waals surface area contributed by atoms with Gasteiger partial charge in [-0.2, -0.15) is 23.3 Å². The van der Waals surface area contributed by atoms with Crippen molar-refractivity contribution in [1.29, 1.82) is 0 Å². The molecule has 5 heterocycles. The molecular formula is C19H17F6N10O2+. The quantitative estimate of drug-likeness (QED) is 0.457. The van der Waals surface area contributed by atoms with Crippen molar-refractivity contribution in [1.82, 2.24) is 30.4 Å². The fraction of sp³-hybridized carbons (Fsp3) is 0.421. The molecule has 1 fully saturated rings. The zero-order valence-corrected chi connectivity index (χ0v) is 18.6. The molecule has 0 aliphatic carbocycles. The molecule has 12 nitrogen and oxygen atoms in total. The highest BCUT2D eigenvalue weighted by Crippen LogP contribution is 2.34. The molecule has 2 N–H and O–H groups in total. The van der Waals surface area contributed by atoms with E-state index in [-0.39, 0.29) is 30.1 Å². The number of aromatic amines is 1. The summed E-state index contributed by atoms with van der Waals surface area (Å²) in [6, 6.07) is 2.30. The number of fused-ring (bicyclic) bond motifs is 1. The van der Waals surface area contributed by atoms with Gasteiger partial charge in [0, 0.05) is 30.9 Å². The van der Waals surface area contributed by atoms with Crippen molar-refractivity contribution in [2.45, 2.75) is 25.2 Å². The topological polar surface area (TPSA) is 128 Å². The lowest BCUT2D eigenvalue weighted by Gasteiger charge is -2.30. The number of alkyl halides is 6. The lowest BCUT2D eigenvalue weighted by molar-refractivity contribution is -0.509. The molecule has 5 rings (SSSR count). The van der Waals surface area contributed by atoms with Gasteiger partial charge >= 0.3 is 18.5 Å². The van der Waals surface area contributed by atoms with Crippen LogP contribution in [0.5, 0.6) is 5.88 Å². The number of guanidine groups is 2. The number of H-pyrrole nitrogens is 1. The van der Waals surface area contributed by atoms with E-state index in [1.165, 1.54) is 6.07 Å². The van der Waals surface area contributed by atoms with E-state index >= 15 is 0 Å². The second-order valence-corrected chi connectivity index (χ2v) is 7.77. The molecule has 18 heteroatoms. The van der Waals surface area contributed by atoms with Gasteiger partial charge in [0.05, 0.1) is 19.4 Å². The van der Waals surface area contributed by atoms with Crippen molar-refractivity contribution in [3.05, 3.63) is 35.9 Å². The van der Waals surface area contributed by atoms with Crippen LogP contribution in [0.2, 0.25) is 0 Å². The molecule has 3 aliphatic heterocycles. The second kappa shape index (κ2) is 9.41. The molecule has 2 aromatic heterocycles. The van der Waals surface area contributed by atoms with Gasteiger partial charge in [-0.05, 0) is 6.07 Å². The average molecular weight is 531 g/mol. The lowest BCUT2D eigenvalue weighted by atomic mass is 10.2. The summed E-state index contributed by atoms with van der Waals surface area (Å²) in [7, 11) is 0. The van der Waals surface area contributed by atoms with Crippen LogP contribution >= 0.6 is 0 Å².